The van der Waals surface area contributed by atoms with Crippen molar-refractivity contribution in [2.75, 3.05) is 0 Å². The van der Waals surface area contributed by atoms with Crippen LogP contribution in [0.4, 0.5) is 0 Å². The predicted octanol–water partition coefficient (Wildman–Crippen LogP) is 3.83. The highest BCUT2D eigenvalue weighted by Crippen LogP contribution is 2.41. The zero-order valence-corrected chi connectivity index (χ0v) is 19.6. The Labute approximate surface area is 200 Å². The number of primary amides is 1. The van der Waals surface area contributed by atoms with E-state index in [0.29, 0.717) is 16.4 Å². The van der Waals surface area contributed by atoms with Crippen LogP contribution < -0.4 is 10.9 Å². The van der Waals surface area contributed by atoms with Crippen LogP contribution in [-0.2, 0) is 19.9 Å². The number of sulfone groups is 1. The molecule has 5 rings (SSSR count). The topological polar surface area (TPSA) is 151 Å². The molecule has 5 aromatic rings. The number of primary sulfonamides is 1. The number of rotatable bonds is 5. The fraction of sp³-hybridized carbons (Fsp3) is 0. The summed E-state index contributed by atoms with van der Waals surface area (Å²) in [6.45, 7) is 0. The Morgan fingerprint density at radius 1 is 0.714 bits per heavy atom. The lowest BCUT2D eigenvalue weighted by atomic mass is 9.97. The maximum Gasteiger partial charge on any atom is 0.249 e. The predicted molar refractivity (Wildman–Crippen MR) is 131 cm³/mol. The van der Waals surface area contributed by atoms with Crippen molar-refractivity contribution in [3.05, 3.63) is 90.5 Å². The number of fused-ring (bicyclic) bond motifs is 2. The molecule has 10 heteroatoms. The van der Waals surface area contributed by atoms with Crippen LogP contribution in [-0.4, -0.2) is 22.7 Å². The third-order valence-corrected chi connectivity index (χ3v) is 8.61. The average Bonchev–Trinajstić information content (AvgIpc) is 3.26. The van der Waals surface area contributed by atoms with Gasteiger partial charge in [-0.25, -0.2) is 22.0 Å². The number of carbonyl (C=O) groups excluding carboxylic acids is 1. The van der Waals surface area contributed by atoms with E-state index >= 15 is 0 Å². The molecule has 1 aromatic heterocycles. The minimum absolute atomic E-state index is 0.0351. The van der Waals surface area contributed by atoms with Gasteiger partial charge < -0.3 is 10.2 Å². The van der Waals surface area contributed by atoms with Crippen LogP contribution in [0.2, 0.25) is 0 Å². The van der Waals surface area contributed by atoms with Gasteiger partial charge in [0.05, 0.1) is 9.79 Å². The van der Waals surface area contributed by atoms with Gasteiger partial charge in [-0.3, -0.25) is 4.79 Å². The van der Waals surface area contributed by atoms with Crippen molar-refractivity contribution < 1.29 is 26.0 Å². The Hall–Kier alpha value is -3.99. The number of hydrogen-bond acceptors (Lipinski definition) is 6. The van der Waals surface area contributed by atoms with E-state index in [-0.39, 0.29) is 21.8 Å². The molecular formula is C25H18N2O6S2. The molecule has 0 bridgehead atoms. The highest BCUT2D eigenvalue weighted by molar-refractivity contribution is 7.93. The average molecular weight is 507 g/mol. The fourth-order valence-corrected chi connectivity index (χ4v) is 7.02. The summed E-state index contributed by atoms with van der Waals surface area (Å²) < 4.78 is 58.5. The van der Waals surface area contributed by atoms with Crippen molar-refractivity contribution >= 4 is 47.5 Å². The molecule has 4 aromatic carbocycles. The Morgan fingerprint density at radius 3 is 1.97 bits per heavy atom. The third-order valence-electron chi connectivity index (χ3n) is 5.68. The van der Waals surface area contributed by atoms with E-state index in [1.54, 1.807) is 42.5 Å². The first-order valence-electron chi connectivity index (χ1n) is 10.3. The maximum atomic E-state index is 14.0. The number of benzene rings is 4. The van der Waals surface area contributed by atoms with Gasteiger partial charge in [0.15, 0.2) is 0 Å². The molecule has 4 N–H and O–H groups in total. The first kappa shape index (κ1) is 22.8. The van der Waals surface area contributed by atoms with Gasteiger partial charge >= 0.3 is 0 Å². The monoisotopic (exact) mass is 506 g/mol. The van der Waals surface area contributed by atoms with Crippen LogP contribution in [0.15, 0.2) is 104 Å². The summed E-state index contributed by atoms with van der Waals surface area (Å²) in [6.07, 6.45) is 0. The van der Waals surface area contributed by atoms with Crippen molar-refractivity contribution in [1.29, 1.82) is 0 Å². The van der Waals surface area contributed by atoms with E-state index in [1.807, 2.05) is 12.1 Å². The van der Waals surface area contributed by atoms with E-state index in [4.69, 9.17) is 15.3 Å². The molecule has 0 saturated heterocycles. The first-order valence-corrected chi connectivity index (χ1v) is 13.3. The molecule has 0 atom stereocenters. The number of amides is 1. The van der Waals surface area contributed by atoms with Gasteiger partial charge in [-0.1, -0.05) is 54.6 Å². The molecule has 176 valence electrons. The van der Waals surface area contributed by atoms with Crippen LogP contribution in [0.5, 0.6) is 0 Å². The smallest absolute Gasteiger partial charge is 0.249 e. The van der Waals surface area contributed by atoms with Crippen molar-refractivity contribution in [2.24, 2.45) is 10.9 Å². The van der Waals surface area contributed by atoms with Gasteiger partial charge in [-0.2, -0.15) is 0 Å². The second-order valence-corrected chi connectivity index (χ2v) is 11.3. The lowest BCUT2D eigenvalue weighted by Gasteiger charge is -2.16. The van der Waals surface area contributed by atoms with Crippen LogP contribution >= 0.6 is 0 Å². The summed E-state index contributed by atoms with van der Waals surface area (Å²) >= 11 is 0. The zero-order valence-electron chi connectivity index (χ0n) is 18.0. The van der Waals surface area contributed by atoms with E-state index in [9.17, 15) is 21.6 Å². The second-order valence-electron chi connectivity index (χ2n) is 7.85. The number of furan rings is 1. The van der Waals surface area contributed by atoms with E-state index in [1.165, 1.54) is 12.1 Å². The maximum absolute atomic E-state index is 14.0. The first-order chi connectivity index (χ1) is 16.6. The molecule has 1 heterocycles. The number of sulfonamides is 1. The Balaban J connectivity index is 1.96. The molecule has 0 aliphatic carbocycles. The summed E-state index contributed by atoms with van der Waals surface area (Å²) in [6, 6.07) is 21.7. The third kappa shape index (κ3) is 3.77. The van der Waals surface area contributed by atoms with Crippen LogP contribution in [0, 0.1) is 0 Å². The molecule has 0 aliphatic rings. The van der Waals surface area contributed by atoms with Gasteiger partial charge in [-0.15, -0.1) is 0 Å². The van der Waals surface area contributed by atoms with Gasteiger partial charge in [0.25, 0.3) is 0 Å². The Morgan fingerprint density at radius 2 is 1.31 bits per heavy atom. The zero-order chi connectivity index (χ0) is 25.0. The van der Waals surface area contributed by atoms with Crippen molar-refractivity contribution in [1.82, 2.24) is 0 Å². The van der Waals surface area contributed by atoms with Gasteiger partial charge in [0, 0.05) is 16.5 Å². The lowest BCUT2D eigenvalue weighted by molar-refractivity contribution is 0.100. The number of para-hydroxylation sites is 1. The summed E-state index contributed by atoms with van der Waals surface area (Å²) in [5.74, 6) is -0.612. The van der Waals surface area contributed by atoms with Crippen molar-refractivity contribution in [3.8, 4) is 11.3 Å². The molecule has 8 nitrogen and oxygen atoms in total. The summed E-state index contributed by atoms with van der Waals surface area (Å²) in [7, 11) is -8.93. The minimum Gasteiger partial charge on any atom is -0.456 e. The largest absolute Gasteiger partial charge is 0.456 e. The second kappa shape index (κ2) is 8.05. The normalized spacial score (nSPS) is 12.3. The number of hydrogen-bond donors (Lipinski definition) is 2. The SMILES string of the molecule is NC(=O)c1cc(S(=O)(=O)c2ccccc2S(N)(=O)=O)c(-c2cc3ccccc3o2)c2ccccc12. The molecule has 1 amide bonds. The molecule has 0 saturated carbocycles. The molecular weight excluding hydrogens is 488 g/mol. The summed E-state index contributed by atoms with van der Waals surface area (Å²) in [5.41, 5.74) is 6.27. The van der Waals surface area contributed by atoms with Crippen LogP contribution in [0.3, 0.4) is 0 Å². The quantitative estimate of drug-likeness (QED) is 0.370. The standard InChI is InChI=1S/C25H18N2O6S2/c26-25(28)18-14-23(34(29,30)21-11-5-6-12-22(21)35(27,31)32)24(17-9-3-2-8-16(17)18)20-13-15-7-1-4-10-19(15)33-20/h1-14H,(H2,26,28)(H2,27,31,32). The van der Waals surface area contributed by atoms with Crippen LogP contribution in [0.1, 0.15) is 10.4 Å². The van der Waals surface area contributed by atoms with E-state index < -0.39 is 35.6 Å². The molecule has 0 fully saturated rings. The number of nitrogens with two attached hydrogens (primary N) is 2. The van der Waals surface area contributed by atoms with Crippen molar-refractivity contribution in [3.63, 3.8) is 0 Å². The van der Waals surface area contributed by atoms with Crippen LogP contribution in [0.25, 0.3) is 33.1 Å². The van der Waals surface area contributed by atoms with Crippen molar-refractivity contribution in [2.45, 2.75) is 14.7 Å². The lowest BCUT2D eigenvalue weighted by Crippen LogP contribution is -2.18. The van der Waals surface area contributed by atoms with Gasteiger partial charge in [-0.05, 0) is 41.1 Å². The van der Waals surface area contributed by atoms with Gasteiger partial charge in [0.1, 0.15) is 16.2 Å². The summed E-state index contributed by atoms with van der Waals surface area (Å²) in [5, 5.41) is 6.87. The molecule has 0 unspecified atom stereocenters. The minimum atomic E-state index is -4.54. The highest BCUT2D eigenvalue weighted by atomic mass is 32.2. The summed E-state index contributed by atoms with van der Waals surface area (Å²) in [4.78, 5) is 10.9. The Bertz CT molecular complexity index is 1840. The highest BCUT2D eigenvalue weighted by Gasteiger charge is 2.31. The van der Waals surface area contributed by atoms with E-state index in [2.05, 4.69) is 0 Å². The number of carbonyl (C=O) groups is 1. The molecule has 0 spiro atoms. The van der Waals surface area contributed by atoms with Gasteiger partial charge in [0.2, 0.25) is 25.8 Å². The fourth-order valence-electron chi connectivity index (χ4n) is 4.15. The molecule has 35 heavy (non-hydrogen) atoms. The van der Waals surface area contributed by atoms with E-state index in [0.717, 1.165) is 23.6 Å². The molecule has 0 aliphatic heterocycles. The molecule has 0 radical (unpaired) electrons. The Kier molecular flexibility index (Phi) is 5.24.